The first-order valence-electron chi connectivity index (χ1n) is 9.19. The summed E-state index contributed by atoms with van der Waals surface area (Å²) in [6.07, 6.45) is 4.09. The Hall–Kier alpha value is -2.39. The highest BCUT2D eigenvalue weighted by Gasteiger charge is 2.30. The Morgan fingerprint density at radius 1 is 1.22 bits per heavy atom. The van der Waals surface area contributed by atoms with E-state index < -0.39 is 0 Å². The predicted molar refractivity (Wildman–Crippen MR) is 116 cm³/mol. The van der Waals surface area contributed by atoms with Crippen molar-refractivity contribution in [1.29, 1.82) is 0 Å². The topological polar surface area (TPSA) is 32.7 Å². The van der Waals surface area contributed by atoms with Crippen LogP contribution in [0.2, 0.25) is 5.02 Å². The van der Waals surface area contributed by atoms with E-state index in [0.29, 0.717) is 10.6 Å². The highest BCUT2D eigenvalue weighted by molar-refractivity contribution is 6.33. The molecule has 4 heteroatoms. The number of likely N-dealkylation sites (N-methyl/N-ethyl adjacent to an activating group) is 1. The Morgan fingerprint density at radius 3 is 2.48 bits per heavy atom. The van der Waals surface area contributed by atoms with Gasteiger partial charge in [0.2, 0.25) is 0 Å². The lowest BCUT2D eigenvalue weighted by Crippen LogP contribution is -2.44. The number of benzene rings is 2. The molecule has 2 aromatic carbocycles. The first-order chi connectivity index (χ1) is 12.7. The minimum absolute atomic E-state index is 0.0385. The van der Waals surface area contributed by atoms with Crippen LogP contribution in [-0.4, -0.2) is 24.1 Å². The number of carbonyl (C=O) groups is 1. The molecule has 1 heterocycles. The molecule has 3 nitrogen and oxygen atoms in total. The normalized spacial score (nSPS) is 15.6. The fourth-order valence-electron chi connectivity index (χ4n) is 3.72. The SMILES string of the molecule is CCN1c2cc(Cl)c(C=Nc3ccc(C(C)=O)cc3)cc2C(C)=CC1(C)C. The van der Waals surface area contributed by atoms with E-state index in [1.165, 1.54) is 11.1 Å². The Labute approximate surface area is 166 Å². The van der Waals surface area contributed by atoms with E-state index in [-0.39, 0.29) is 11.3 Å². The fourth-order valence-corrected chi connectivity index (χ4v) is 3.92. The lowest BCUT2D eigenvalue weighted by molar-refractivity contribution is 0.101. The van der Waals surface area contributed by atoms with Gasteiger partial charge in [0.25, 0.3) is 0 Å². The molecule has 27 heavy (non-hydrogen) atoms. The Bertz CT molecular complexity index is 940. The van der Waals surface area contributed by atoms with Gasteiger partial charge >= 0.3 is 0 Å². The molecule has 0 amide bonds. The Kier molecular flexibility index (Phi) is 5.25. The quantitative estimate of drug-likeness (QED) is 0.459. The third-order valence-corrected chi connectivity index (χ3v) is 5.37. The van der Waals surface area contributed by atoms with Crippen molar-refractivity contribution < 1.29 is 4.79 Å². The maximum absolute atomic E-state index is 11.4. The van der Waals surface area contributed by atoms with Crippen LogP contribution in [0.4, 0.5) is 11.4 Å². The summed E-state index contributed by atoms with van der Waals surface area (Å²) >= 11 is 6.58. The molecule has 0 aromatic heterocycles. The van der Waals surface area contributed by atoms with Crippen LogP contribution in [0.1, 0.15) is 56.1 Å². The van der Waals surface area contributed by atoms with E-state index in [1.807, 2.05) is 18.2 Å². The van der Waals surface area contributed by atoms with Crippen molar-refractivity contribution in [2.24, 2.45) is 4.99 Å². The van der Waals surface area contributed by atoms with Gasteiger partial charge in [-0.15, -0.1) is 0 Å². The molecule has 0 spiro atoms. The monoisotopic (exact) mass is 380 g/mol. The van der Waals surface area contributed by atoms with Gasteiger partial charge in [-0.2, -0.15) is 0 Å². The van der Waals surface area contributed by atoms with Crippen molar-refractivity contribution in [3.05, 3.63) is 64.2 Å². The number of hydrogen-bond donors (Lipinski definition) is 0. The van der Waals surface area contributed by atoms with Gasteiger partial charge in [-0.05, 0) is 76.6 Å². The van der Waals surface area contributed by atoms with Crippen molar-refractivity contribution in [3.8, 4) is 0 Å². The summed E-state index contributed by atoms with van der Waals surface area (Å²) in [7, 11) is 0. The summed E-state index contributed by atoms with van der Waals surface area (Å²) in [4.78, 5) is 18.3. The van der Waals surface area contributed by atoms with Crippen LogP contribution in [0.5, 0.6) is 0 Å². The number of fused-ring (bicyclic) bond motifs is 1. The van der Waals surface area contributed by atoms with Crippen molar-refractivity contribution in [2.45, 2.75) is 40.2 Å². The molecule has 3 rings (SSSR count). The van der Waals surface area contributed by atoms with Gasteiger partial charge in [0, 0.05) is 35.1 Å². The second-order valence-corrected chi connectivity index (χ2v) is 7.88. The van der Waals surface area contributed by atoms with Crippen LogP contribution in [0, 0.1) is 0 Å². The molecule has 0 atom stereocenters. The molecule has 0 bridgehead atoms. The summed E-state index contributed by atoms with van der Waals surface area (Å²) in [5.74, 6) is 0.0499. The molecule has 0 N–H and O–H groups in total. The number of carbonyl (C=O) groups excluding carboxylic acids is 1. The lowest BCUT2D eigenvalue weighted by Gasteiger charge is -2.43. The number of allylic oxidation sites excluding steroid dienone is 1. The minimum Gasteiger partial charge on any atom is -0.363 e. The fraction of sp³-hybridized carbons (Fsp3) is 0.304. The number of rotatable bonds is 4. The van der Waals surface area contributed by atoms with Gasteiger partial charge in [-0.25, -0.2) is 0 Å². The lowest BCUT2D eigenvalue weighted by atomic mass is 9.88. The molecule has 0 fully saturated rings. The van der Waals surface area contributed by atoms with Crippen LogP contribution >= 0.6 is 11.6 Å². The van der Waals surface area contributed by atoms with Crippen LogP contribution < -0.4 is 4.90 Å². The summed E-state index contributed by atoms with van der Waals surface area (Å²) in [5.41, 5.74) is 5.92. The van der Waals surface area contributed by atoms with Crippen LogP contribution in [0.25, 0.3) is 5.57 Å². The van der Waals surface area contributed by atoms with Crippen molar-refractivity contribution in [3.63, 3.8) is 0 Å². The van der Waals surface area contributed by atoms with E-state index in [0.717, 1.165) is 23.5 Å². The number of nitrogens with zero attached hydrogens (tertiary/aromatic N) is 2. The summed E-state index contributed by atoms with van der Waals surface area (Å²) in [6.45, 7) is 11.2. The summed E-state index contributed by atoms with van der Waals surface area (Å²) in [5, 5.41) is 0.682. The highest BCUT2D eigenvalue weighted by atomic mass is 35.5. The first-order valence-corrected chi connectivity index (χ1v) is 9.57. The summed E-state index contributed by atoms with van der Waals surface area (Å²) in [6, 6.07) is 11.4. The Morgan fingerprint density at radius 2 is 1.89 bits per heavy atom. The minimum atomic E-state index is -0.0385. The number of Topliss-reactive ketones (excluding diaryl/α,β-unsaturated/α-hetero) is 1. The van der Waals surface area contributed by atoms with Crippen molar-refractivity contribution >= 4 is 40.5 Å². The molecule has 1 aliphatic rings. The molecule has 140 valence electrons. The molecule has 0 saturated heterocycles. The Balaban J connectivity index is 1.97. The number of anilines is 1. The number of ketones is 1. The zero-order valence-electron chi connectivity index (χ0n) is 16.5. The number of hydrogen-bond acceptors (Lipinski definition) is 3. The molecule has 0 saturated carbocycles. The van der Waals surface area contributed by atoms with Gasteiger partial charge in [0.15, 0.2) is 5.78 Å². The zero-order chi connectivity index (χ0) is 19.8. The molecule has 0 aliphatic carbocycles. The molecule has 2 aromatic rings. The van der Waals surface area contributed by atoms with E-state index in [1.54, 1.807) is 25.3 Å². The van der Waals surface area contributed by atoms with Gasteiger partial charge < -0.3 is 4.90 Å². The van der Waals surface area contributed by atoms with Crippen molar-refractivity contribution in [1.82, 2.24) is 0 Å². The van der Waals surface area contributed by atoms with Gasteiger partial charge in [0.05, 0.1) is 16.2 Å². The highest BCUT2D eigenvalue weighted by Crippen LogP contribution is 2.41. The first kappa shape index (κ1) is 19.4. The van der Waals surface area contributed by atoms with E-state index in [2.05, 4.69) is 49.7 Å². The smallest absolute Gasteiger partial charge is 0.159 e. The summed E-state index contributed by atoms with van der Waals surface area (Å²) < 4.78 is 0. The maximum atomic E-state index is 11.4. The third-order valence-electron chi connectivity index (χ3n) is 5.04. The molecule has 1 aliphatic heterocycles. The van der Waals surface area contributed by atoms with Crippen LogP contribution in [0.3, 0.4) is 0 Å². The van der Waals surface area contributed by atoms with Crippen LogP contribution in [0.15, 0.2) is 47.5 Å². The average Bonchev–Trinajstić information content (AvgIpc) is 2.60. The van der Waals surface area contributed by atoms with Crippen LogP contribution in [-0.2, 0) is 0 Å². The maximum Gasteiger partial charge on any atom is 0.159 e. The van der Waals surface area contributed by atoms with Gasteiger partial charge in [0.1, 0.15) is 0 Å². The third kappa shape index (κ3) is 3.84. The van der Waals surface area contributed by atoms with E-state index in [9.17, 15) is 4.79 Å². The molecular formula is C23H25ClN2O. The van der Waals surface area contributed by atoms with Gasteiger partial charge in [-0.1, -0.05) is 17.7 Å². The van der Waals surface area contributed by atoms with E-state index >= 15 is 0 Å². The van der Waals surface area contributed by atoms with Gasteiger partial charge in [-0.3, -0.25) is 9.79 Å². The van der Waals surface area contributed by atoms with E-state index in [4.69, 9.17) is 11.6 Å². The largest absolute Gasteiger partial charge is 0.363 e. The molecule has 0 unspecified atom stereocenters. The zero-order valence-corrected chi connectivity index (χ0v) is 17.3. The standard InChI is InChI=1S/C23H25ClN2O/c1-6-26-22-12-21(24)18(11-20(22)15(2)13-23(26,4)5)14-25-19-9-7-17(8-10-19)16(3)27/h7-14H,6H2,1-5H3. The molecule has 0 radical (unpaired) electrons. The molecular weight excluding hydrogens is 356 g/mol. The van der Waals surface area contributed by atoms with Crippen molar-refractivity contribution in [2.75, 3.05) is 11.4 Å². The average molecular weight is 381 g/mol. The second-order valence-electron chi connectivity index (χ2n) is 7.48. The number of halogens is 1. The second kappa shape index (κ2) is 7.32. The predicted octanol–water partition coefficient (Wildman–Crippen LogP) is 6.32. The number of aliphatic imine (C=N–C) groups is 1.